The Balaban J connectivity index is 4.09. The van der Waals surface area contributed by atoms with Crippen molar-refractivity contribution in [3.05, 3.63) is 0 Å². The summed E-state index contributed by atoms with van der Waals surface area (Å²) < 4.78 is 13.6. The Bertz CT molecular complexity index is 99.6. The molecule has 0 aliphatic rings. The minimum absolute atomic E-state index is 0.241. The van der Waals surface area contributed by atoms with Crippen LogP contribution in [-0.2, 0) is 0 Å². The van der Waals surface area contributed by atoms with Crippen molar-refractivity contribution in [1.29, 1.82) is 0 Å². The summed E-state index contributed by atoms with van der Waals surface area (Å²) in [7, 11) is 0. The molecule has 0 aliphatic carbocycles. The van der Waals surface area contributed by atoms with Crippen LogP contribution in [0.4, 0.5) is 4.39 Å². The number of halogens is 1. The number of alkyl halides is 1. The molecule has 0 spiro atoms. The summed E-state index contributed by atoms with van der Waals surface area (Å²) >= 11 is 0. The van der Waals surface area contributed by atoms with Gasteiger partial charge in [-0.25, -0.2) is 4.39 Å². The Morgan fingerprint density at radius 3 is 1.67 bits per heavy atom. The fourth-order valence-corrected chi connectivity index (χ4v) is 2.07. The summed E-state index contributed by atoms with van der Waals surface area (Å²) in [5.41, 5.74) is 0. The minimum atomic E-state index is -0.602. The van der Waals surface area contributed by atoms with Crippen molar-refractivity contribution in [2.24, 2.45) is 17.8 Å². The molecule has 0 radical (unpaired) electrons. The molecule has 1 atom stereocenters. The van der Waals surface area contributed by atoms with Crippen LogP contribution in [0.2, 0.25) is 0 Å². The van der Waals surface area contributed by atoms with Gasteiger partial charge in [-0.3, -0.25) is 0 Å². The van der Waals surface area contributed by atoms with Gasteiger partial charge in [-0.05, 0) is 24.2 Å². The van der Waals surface area contributed by atoms with E-state index < -0.39 is 6.17 Å². The molecule has 0 heterocycles. The van der Waals surface area contributed by atoms with Crippen LogP contribution in [0.25, 0.3) is 0 Å². The molecule has 74 valence electrons. The molecule has 0 aromatic carbocycles. The quantitative estimate of drug-likeness (QED) is 0.589. The van der Waals surface area contributed by atoms with Crippen LogP contribution < -0.4 is 0 Å². The third-order valence-corrected chi connectivity index (χ3v) is 2.52. The first kappa shape index (κ1) is 11.9. The SMILES string of the molecule is CCCC(F)C(C(C)C)C(C)C. The van der Waals surface area contributed by atoms with Gasteiger partial charge >= 0.3 is 0 Å². The third-order valence-electron chi connectivity index (χ3n) is 2.52. The summed E-state index contributed by atoms with van der Waals surface area (Å²) in [5.74, 6) is 1.17. The molecular formula is C11H23F. The van der Waals surface area contributed by atoms with Crippen molar-refractivity contribution < 1.29 is 4.39 Å². The summed E-state index contributed by atoms with van der Waals surface area (Å²) in [4.78, 5) is 0. The molecule has 12 heavy (non-hydrogen) atoms. The van der Waals surface area contributed by atoms with E-state index in [2.05, 4.69) is 27.7 Å². The van der Waals surface area contributed by atoms with Gasteiger partial charge in [0.2, 0.25) is 0 Å². The molecule has 0 amide bonds. The number of rotatable bonds is 5. The van der Waals surface area contributed by atoms with Gasteiger partial charge < -0.3 is 0 Å². The normalized spacial score (nSPS) is 14.8. The Morgan fingerprint density at radius 2 is 1.42 bits per heavy atom. The van der Waals surface area contributed by atoms with E-state index in [9.17, 15) is 4.39 Å². The maximum absolute atomic E-state index is 13.6. The van der Waals surface area contributed by atoms with E-state index in [0.717, 1.165) is 12.8 Å². The highest BCUT2D eigenvalue weighted by atomic mass is 19.1. The Morgan fingerprint density at radius 1 is 1.00 bits per heavy atom. The maximum Gasteiger partial charge on any atom is 0.103 e. The molecule has 1 heteroatoms. The van der Waals surface area contributed by atoms with Crippen LogP contribution in [0.5, 0.6) is 0 Å². The summed E-state index contributed by atoms with van der Waals surface area (Å²) in [6.45, 7) is 10.5. The summed E-state index contributed by atoms with van der Waals surface area (Å²) in [5, 5.41) is 0. The fourth-order valence-electron chi connectivity index (χ4n) is 2.07. The van der Waals surface area contributed by atoms with E-state index in [1.54, 1.807) is 0 Å². The zero-order valence-electron chi connectivity index (χ0n) is 9.10. The van der Waals surface area contributed by atoms with Crippen LogP contribution in [-0.4, -0.2) is 6.17 Å². The molecule has 0 nitrogen and oxygen atoms in total. The molecule has 0 aromatic rings. The van der Waals surface area contributed by atoms with Gasteiger partial charge in [0, 0.05) is 0 Å². The van der Waals surface area contributed by atoms with Gasteiger partial charge in [-0.2, -0.15) is 0 Å². The first-order valence-electron chi connectivity index (χ1n) is 5.14. The zero-order valence-corrected chi connectivity index (χ0v) is 9.10. The Hall–Kier alpha value is -0.0700. The van der Waals surface area contributed by atoms with Crippen molar-refractivity contribution in [2.45, 2.75) is 53.6 Å². The lowest BCUT2D eigenvalue weighted by Crippen LogP contribution is -2.26. The largest absolute Gasteiger partial charge is 0.247 e. The smallest absolute Gasteiger partial charge is 0.103 e. The maximum atomic E-state index is 13.6. The molecule has 0 aliphatic heterocycles. The minimum Gasteiger partial charge on any atom is -0.247 e. The second-order valence-electron chi connectivity index (χ2n) is 4.37. The highest BCUT2D eigenvalue weighted by Crippen LogP contribution is 2.28. The monoisotopic (exact) mass is 174 g/mol. The highest BCUT2D eigenvalue weighted by Gasteiger charge is 2.26. The van der Waals surface area contributed by atoms with Gasteiger partial charge in [0.1, 0.15) is 6.17 Å². The van der Waals surface area contributed by atoms with Crippen LogP contribution in [0, 0.1) is 17.8 Å². The first-order chi connectivity index (χ1) is 5.50. The average molecular weight is 174 g/mol. The van der Waals surface area contributed by atoms with E-state index in [4.69, 9.17) is 0 Å². The lowest BCUT2D eigenvalue weighted by Gasteiger charge is -2.28. The molecular weight excluding hydrogens is 151 g/mol. The van der Waals surface area contributed by atoms with Crippen molar-refractivity contribution in [2.75, 3.05) is 0 Å². The molecule has 0 bridgehead atoms. The first-order valence-corrected chi connectivity index (χ1v) is 5.14. The van der Waals surface area contributed by atoms with Crippen LogP contribution >= 0.6 is 0 Å². The van der Waals surface area contributed by atoms with E-state index in [1.165, 1.54) is 0 Å². The predicted molar refractivity (Wildman–Crippen MR) is 53.0 cm³/mol. The summed E-state index contributed by atoms with van der Waals surface area (Å²) in [6, 6.07) is 0. The number of hydrogen-bond donors (Lipinski definition) is 0. The Kier molecular flexibility index (Phi) is 5.52. The van der Waals surface area contributed by atoms with Crippen molar-refractivity contribution in [1.82, 2.24) is 0 Å². The van der Waals surface area contributed by atoms with Crippen LogP contribution in [0.1, 0.15) is 47.5 Å². The van der Waals surface area contributed by atoms with Gasteiger partial charge in [0.25, 0.3) is 0 Å². The molecule has 0 fully saturated rings. The lowest BCUT2D eigenvalue weighted by molar-refractivity contribution is 0.125. The standard InChI is InChI=1S/C11H23F/c1-6-7-10(12)11(8(2)3)9(4)5/h8-11H,6-7H2,1-5H3. The van der Waals surface area contributed by atoms with Gasteiger partial charge in [-0.15, -0.1) is 0 Å². The molecule has 0 rings (SSSR count). The van der Waals surface area contributed by atoms with Crippen molar-refractivity contribution in [3.63, 3.8) is 0 Å². The van der Waals surface area contributed by atoms with E-state index >= 15 is 0 Å². The van der Waals surface area contributed by atoms with E-state index in [-0.39, 0.29) is 5.92 Å². The predicted octanol–water partition coefficient (Wildman–Crippen LogP) is 4.05. The topological polar surface area (TPSA) is 0 Å². The highest BCUT2D eigenvalue weighted by molar-refractivity contribution is 4.74. The van der Waals surface area contributed by atoms with Gasteiger partial charge in [0.05, 0.1) is 0 Å². The lowest BCUT2D eigenvalue weighted by atomic mass is 9.80. The van der Waals surface area contributed by atoms with E-state index in [1.807, 2.05) is 6.92 Å². The second-order valence-corrected chi connectivity index (χ2v) is 4.37. The van der Waals surface area contributed by atoms with Crippen molar-refractivity contribution >= 4 is 0 Å². The van der Waals surface area contributed by atoms with Crippen LogP contribution in [0.15, 0.2) is 0 Å². The summed E-state index contributed by atoms with van der Waals surface area (Å²) in [6.07, 6.45) is 1.08. The number of hydrogen-bond acceptors (Lipinski definition) is 0. The van der Waals surface area contributed by atoms with Crippen LogP contribution in [0.3, 0.4) is 0 Å². The van der Waals surface area contributed by atoms with E-state index in [0.29, 0.717) is 11.8 Å². The second kappa shape index (κ2) is 5.55. The average Bonchev–Trinajstić information content (AvgIpc) is 1.85. The molecule has 0 aromatic heterocycles. The molecule has 0 saturated heterocycles. The zero-order chi connectivity index (χ0) is 9.72. The molecule has 0 saturated carbocycles. The van der Waals surface area contributed by atoms with Gasteiger partial charge in [0.15, 0.2) is 0 Å². The van der Waals surface area contributed by atoms with Gasteiger partial charge in [-0.1, -0.05) is 41.0 Å². The molecule has 0 N–H and O–H groups in total. The molecule has 1 unspecified atom stereocenters. The fraction of sp³-hybridized carbons (Fsp3) is 1.00. The van der Waals surface area contributed by atoms with Crippen molar-refractivity contribution in [3.8, 4) is 0 Å². The Labute approximate surface area is 76.6 Å². The third kappa shape index (κ3) is 3.55.